The number of hydrogen-bond donors (Lipinski definition) is 1. The highest BCUT2D eigenvalue weighted by Crippen LogP contribution is 2.48. The Bertz CT molecular complexity index is 548. The second-order valence-electron chi connectivity index (χ2n) is 6.09. The zero-order valence-electron chi connectivity index (χ0n) is 12.8. The van der Waals surface area contributed by atoms with Crippen molar-refractivity contribution in [3.63, 3.8) is 0 Å². The number of hydrogen-bond acceptors (Lipinski definition) is 2. The van der Waals surface area contributed by atoms with Gasteiger partial charge in [0, 0.05) is 23.0 Å². The molecule has 1 saturated carbocycles. The first kappa shape index (κ1) is 18.0. The molecule has 1 heterocycles. The number of guanidine groups is 1. The molecule has 2 N–H and O–H groups in total. The van der Waals surface area contributed by atoms with Crippen LogP contribution in [0.3, 0.4) is 0 Å². The molecule has 1 aliphatic heterocycles. The summed E-state index contributed by atoms with van der Waals surface area (Å²) in [5.41, 5.74) is 7.73. The van der Waals surface area contributed by atoms with Gasteiger partial charge in [0.25, 0.3) is 0 Å². The highest BCUT2D eigenvalue weighted by Gasteiger charge is 2.44. The fourth-order valence-corrected chi connectivity index (χ4v) is 3.27. The summed E-state index contributed by atoms with van der Waals surface area (Å²) in [5, 5.41) is 0. The third-order valence-electron chi connectivity index (χ3n) is 4.40. The molecule has 1 unspecified atom stereocenters. The second-order valence-corrected chi connectivity index (χ2v) is 7.01. The Hall–Kier alpha value is -0.340. The van der Waals surface area contributed by atoms with E-state index in [2.05, 4.69) is 57.0 Å². The summed E-state index contributed by atoms with van der Waals surface area (Å²) >= 11 is 3.55. The Morgan fingerprint density at radius 1 is 1.50 bits per heavy atom. The Balaban J connectivity index is 0.00000176. The molecule has 0 bridgehead atoms. The van der Waals surface area contributed by atoms with Crippen molar-refractivity contribution in [1.82, 2.24) is 4.90 Å². The van der Waals surface area contributed by atoms with Crippen LogP contribution in [-0.2, 0) is 10.2 Å². The zero-order valence-corrected chi connectivity index (χ0v) is 16.7. The van der Waals surface area contributed by atoms with E-state index in [1.54, 1.807) is 0 Å². The SMILES string of the molecule is CC1CN(C(N)=NCC2(c3cccc(Br)c3)CC2)CCO1.I. The summed E-state index contributed by atoms with van der Waals surface area (Å²) in [4.78, 5) is 6.80. The van der Waals surface area contributed by atoms with E-state index in [4.69, 9.17) is 10.5 Å². The topological polar surface area (TPSA) is 50.8 Å². The van der Waals surface area contributed by atoms with E-state index in [0.29, 0.717) is 5.96 Å². The van der Waals surface area contributed by atoms with E-state index >= 15 is 0 Å². The average Bonchev–Trinajstić information content (AvgIpc) is 3.26. The van der Waals surface area contributed by atoms with Crippen LogP contribution < -0.4 is 5.73 Å². The van der Waals surface area contributed by atoms with Crippen molar-refractivity contribution < 1.29 is 4.74 Å². The molecule has 22 heavy (non-hydrogen) atoms. The van der Waals surface area contributed by atoms with Gasteiger partial charge in [0.15, 0.2) is 5.96 Å². The van der Waals surface area contributed by atoms with Gasteiger partial charge in [-0.05, 0) is 37.5 Å². The van der Waals surface area contributed by atoms with Gasteiger partial charge >= 0.3 is 0 Å². The van der Waals surface area contributed by atoms with Crippen molar-refractivity contribution in [2.24, 2.45) is 10.7 Å². The number of benzene rings is 1. The van der Waals surface area contributed by atoms with Gasteiger partial charge in [-0.3, -0.25) is 4.99 Å². The lowest BCUT2D eigenvalue weighted by Gasteiger charge is -2.32. The van der Waals surface area contributed by atoms with Gasteiger partial charge in [-0.1, -0.05) is 28.1 Å². The lowest BCUT2D eigenvalue weighted by molar-refractivity contribution is 0.00528. The van der Waals surface area contributed by atoms with E-state index in [1.165, 1.54) is 18.4 Å². The molecule has 2 fully saturated rings. The van der Waals surface area contributed by atoms with Crippen LogP contribution in [0.5, 0.6) is 0 Å². The van der Waals surface area contributed by atoms with Gasteiger partial charge in [0.2, 0.25) is 0 Å². The highest BCUT2D eigenvalue weighted by molar-refractivity contribution is 14.0. The molecule has 3 rings (SSSR count). The standard InChI is InChI=1S/C16H22BrN3O.HI/c1-12-10-20(7-8-21-12)15(18)19-11-16(5-6-16)13-3-2-4-14(17)9-13;/h2-4,9,12H,5-8,10-11H2,1H3,(H2,18,19);1H. The monoisotopic (exact) mass is 479 g/mol. The van der Waals surface area contributed by atoms with Gasteiger partial charge in [-0.25, -0.2) is 0 Å². The number of aliphatic imine (C=N–C) groups is 1. The summed E-state index contributed by atoms with van der Waals surface area (Å²) in [6, 6.07) is 8.55. The van der Waals surface area contributed by atoms with Crippen molar-refractivity contribution >= 4 is 45.9 Å². The summed E-state index contributed by atoms with van der Waals surface area (Å²) in [7, 11) is 0. The number of ether oxygens (including phenoxy) is 1. The lowest BCUT2D eigenvalue weighted by atomic mass is 9.96. The second kappa shape index (κ2) is 7.49. The molecule has 1 atom stereocenters. The zero-order chi connectivity index (χ0) is 14.9. The minimum Gasteiger partial charge on any atom is -0.375 e. The minimum absolute atomic E-state index is 0. The van der Waals surface area contributed by atoms with Crippen LogP contribution >= 0.6 is 39.9 Å². The summed E-state index contributed by atoms with van der Waals surface area (Å²) < 4.78 is 6.67. The first-order valence-electron chi connectivity index (χ1n) is 7.52. The Morgan fingerprint density at radius 3 is 2.91 bits per heavy atom. The smallest absolute Gasteiger partial charge is 0.191 e. The molecular weight excluding hydrogens is 457 g/mol. The molecule has 1 aliphatic carbocycles. The van der Waals surface area contributed by atoms with Crippen molar-refractivity contribution in [2.75, 3.05) is 26.2 Å². The number of morpholine rings is 1. The van der Waals surface area contributed by atoms with E-state index < -0.39 is 0 Å². The first-order chi connectivity index (χ1) is 10.1. The molecule has 0 radical (unpaired) electrons. The maximum atomic E-state index is 6.16. The van der Waals surface area contributed by atoms with Crippen molar-refractivity contribution in [3.05, 3.63) is 34.3 Å². The normalized spacial score (nSPS) is 23.8. The molecule has 6 heteroatoms. The predicted molar refractivity (Wildman–Crippen MR) is 104 cm³/mol. The number of nitrogens with two attached hydrogens (primary N) is 1. The van der Waals surface area contributed by atoms with Crippen LogP contribution in [0.1, 0.15) is 25.3 Å². The number of rotatable bonds is 3. The lowest BCUT2D eigenvalue weighted by Crippen LogP contribution is -2.48. The molecule has 0 amide bonds. The van der Waals surface area contributed by atoms with E-state index in [1.807, 2.05) is 0 Å². The van der Waals surface area contributed by atoms with Crippen LogP contribution in [0.4, 0.5) is 0 Å². The van der Waals surface area contributed by atoms with Crippen LogP contribution in [0, 0.1) is 0 Å². The van der Waals surface area contributed by atoms with Crippen LogP contribution in [0.25, 0.3) is 0 Å². The summed E-state index contributed by atoms with van der Waals surface area (Å²) in [5.74, 6) is 0.659. The molecule has 1 saturated heterocycles. The van der Waals surface area contributed by atoms with Crippen LogP contribution in [0.2, 0.25) is 0 Å². The average molecular weight is 480 g/mol. The number of halogens is 2. The van der Waals surface area contributed by atoms with Gasteiger partial charge in [0.1, 0.15) is 0 Å². The van der Waals surface area contributed by atoms with Gasteiger partial charge in [-0.15, -0.1) is 24.0 Å². The van der Waals surface area contributed by atoms with Crippen molar-refractivity contribution in [2.45, 2.75) is 31.3 Å². The Labute approximate surface area is 157 Å². The van der Waals surface area contributed by atoms with Crippen molar-refractivity contribution in [1.29, 1.82) is 0 Å². The van der Waals surface area contributed by atoms with Gasteiger partial charge in [-0.2, -0.15) is 0 Å². The largest absolute Gasteiger partial charge is 0.375 e. The van der Waals surface area contributed by atoms with Crippen LogP contribution in [0.15, 0.2) is 33.7 Å². The quantitative estimate of drug-likeness (QED) is 0.411. The number of nitrogens with zero attached hydrogens (tertiary/aromatic N) is 2. The first-order valence-corrected chi connectivity index (χ1v) is 8.31. The van der Waals surface area contributed by atoms with Crippen LogP contribution in [-0.4, -0.2) is 43.2 Å². The third kappa shape index (κ3) is 4.14. The fraction of sp³-hybridized carbons (Fsp3) is 0.562. The van der Waals surface area contributed by atoms with E-state index in [9.17, 15) is 0 Å². The van der Waals surface area contributed by atoms with E-state index in [-0.39, 0.29) is 35.5 Å². The minimum atomic E-state index is 0. The van der Waals surface area contributed by atoms with Gasteiger partial charge in [0.05, 0.1) is 19.3 Å². The fourth-order valence-electron chi connectivity index (χ4n) is 2.87. The molecule has 4 nitrogen and oxygen atoms in total. The Kier molecular flexibility index (Phi) is 6.13. The summed E-state index contributed by atoms with van der Waals surface area (Å²) in [6.07, 6.45) is 2.62. The molecule has 1 aromatic carbocycles. The Morgan fingerprint density at radius 2 is 2.27 bits per heavy atom. The van der Waals surface area contributed by atoms with E-state index in [0.717, 1.165) is 30.7 Å². The van der Waals surface area contributed by atoms with Gasteiger partial charge < -0.3 is 15.4 Å². The summed E-state index contributed by atoms with van der Waals surface area (Å²) in [6.45, 7) is 5.25. The molecule has 122 valence electrons. The third-order valence-corrected chi connectivity index (χ3v) is 4.89. The molecule has 0 spiro atoms. The molecule has 2 aliphatic rings. The maximum Gasteiger partial charge on any atom is 0.191 e. The van der Waals surface area contributed by atoms with Crippen molar-refractivity contribution in [3.8, 4) is 0 Å². The molecule has 1 aromatic rings. The highest BCUT2D eigenvalue weighted by atomic mass is 127. The predicted octanol–water partition coefficient (Wildman–Crippen LogP) is 3.13. The molecular formula is C16H23BrIN3O. The maximum absolute atomic E-state index is 6.16. The molecule has 0 aromatic heterocycles.